The molecule has 0 aromatic rings. The topological polar surface area (TPSA) is 64.3 Å². The zero-order valence-corrected chi connectivity index (χ0v) is 10.6. The van der Waals surface area contributed by atoms with Crippen molar-refractivity contribution in [3.63, 3.8) is 0 Å². The summed E-state index contributed by atoms with van der Waals surface area (Å²) >= 11 is 0. The summed E-state index contributed by atoms with van der Waals surface area (Å²) in [4.78, 5) is 12.1. The summed E-state index contributed by atoms with van der Waals surface area (Å²) in [5.74, 6) is 0.412. The molecule has 1 amide bonds. The highest BCUT2D eigenvalue weighted by molar-refractivity contribution is 5.85. The molecule has 1 rings (SSSR count). The molecule has 3 N–H and O–H groups in total. The molecular weight excluding hydrogens is 204 g/mol. The lowest BCUT2D eigenvalue weighted by atomic mass is 9.97. The summed E-state index contributed by atoms with van der Waals surface area (Å²) in [6.45, 7) is 7.35. The molecule has 1 saturated heterocycles. The Labute approximate surface area is 97.9 Å². The number of nitrogens with one attached hydrogen (secondary N) is 1. The van der Waals surface area contributed by atoms with Crippen LogP contribution in [-0.2, 0) is 9.53 Å². The first-order valence-electron chi connectivity index (χ1n) is 6.14. The number of nitrogens with two attached hydrogens (primary N) is 1. The van der Waals surface area contributed by atoms with E-state index in [9.17, 15) is 4.79 Å². The molecule has 0 radical (unpaired) electrons. The first-order chi connectivity index (χ1) is 7.49. The van der Waals surface area contributed by atoms with Gasteiger partial charge in [0, 0.05) is 12.6 Å². The van der Waals surface area contributed by atoms with Gasteiger partial charge in [0.15, 0.2) is 0 Å². The van der Waals surface area contributed by atoms with Crippen LogP contribution in [0.5, 0.6) is 0 Å². The Morgan fingerprint density at radius 2 is 2.25 bits per heavy atom. The molecule has 94 valence electrons. The number of ether oxygens (including phenoxy) is 1. The summed E-state index contributed by atoms with van der Waals surface area (Å²) in [7, 11) is 0. The van der Waals surface area contributed by atoms with E-state index in [0.717, 1.165) is 19.3 Å². The van der Waals surface area contributed by atoms with Crippen LogP contribution < -0.4 is 11.1 Å². The van der Waals surface area contributed by atoms with Gasteiger partial charge in [0.25, 0.3) is 5.91 Å². The molecule has 1 aliphatic heterocycles. The molecule has 1 fully saturated rings. The van der Waals surface area contributed by atoms with E-state index >= 15 is 0 Å². The predicted molar refractivity (Wildman–Crippen MR) is 64.0 cm³/mol. The first-order valence-corrected chi connectivity index (χ1v) is 6.14. The summed E-state index contributed by atoms with van der Waals surface area (Å²) in [6.07, 6.45) is 2.60. The molecule has 4 heteroatoms. The van der Waals surface area contributed by atoms with E-state index in [2.05, 4.69) is 19.2 Å². The second kappa shape index (κ2) is 5.64. The molecule has 2 atom stereocenters. The van der Waals surface area contributed by atoms with Crippen molar-refractivity contribution in [3.8, 4) is 0 Å². The van der Waals surface area contributed by atoms with Gasteiger partial charge in [-0.25, -0.2) is 0 Å². The third kappa shape index (κ3) is 3.19. The molecule has 4 nitrogen and oxygen atoms in total. The van der Waals surface area contributed by atoms with Crippen LogP contribution in [0.3, 0.4) is 0 Å². The number of carbonyl (C=O) groups is 1. The fraction of sp³-hybridized carbons (Fsp3) is 0.917. The Kier molecular flexibility index (Phi) is 4.74. The quantitative estimate of drug-likeness (QED) is 0.739. The van der Waals surface area contributed by atoms with Crippen molar-refractivity contribution in [2.45, 2.75) is 51.7 Å². The van der Waals surface area contributed by atoms with E-state index in [1.165, 1.54) is 0 Å². The normalized spacial score (nSPS) is 27.1. The average Bonchev–Trinajstić information content (AvgIpc) is 2.65. The highest BCUT2D eigenvalue weighted by Crippen LogP contribution is 2.25. The van der Waals surface area contributed by atoms with Gasteiger partial charge in [-0.05, 0) is 38.6 Å². The van der Waals surface area contributed by atoms with Gasteiger partial charge in [0.1, 0.15) is 5.60 Å². The smallest absolute Gasteiger partial charge is 0.252 e. The summed E-state index contributed by atoms with van der Waals surface area (Å²) in [6, 6.07) is 0.151. The highest BCUT2D eigenvalue weighted by atomic mass is 16.5. The van der Waals surface area contributed by atoms with Crippen molar-refractivity contribution in [3.05, 3.63) is 0 Å². The highest BCUT2D eigenvalue weighted by Gasteiger charge is 2.38. The number of amides is 1. The van der Waals surface area contributed by atoms with E-state index in [1.807, 2.05) is 6.92 Å². The number of rotatable bonds is 5. The molecular formula is C12H24N2O2. The van der Waals surface area contributed by atoms with Crippen LogP contribution in [0.4, 0.5) is 0 Å². The molecule has 16 heavy (non-hydrogen) atoms. The lowest BCUT2D eigenvalue weighted by Gasteiger charge is -2.28. The summed E-state index contributed by atoms with van der Waals surface area (Å²) in [5, 5.41) is 3.06. The van der Waals surface area contributed by atoms with Gasteiger partial charge in [-0.1, -0.05) is 13.8 Å². The van der Waals surface area contributed by atoms with Crippen molar-refractivity contribution in [2.75, 3.05) is 13.2 Å². The van der Waals surface area contributed by atoms with Gasteiger partial charge in [0.2, 0.25) is 0 Å². The summed E-state index contributed by atoms with van der Waals surface area (Å²) < 4.78 is 5.52. The monoisotopic (exact) mass is 228 g/mol. The van der Waals surface area contributed by atoms with Crippen LogP contribution in [0.15, 0.2) is 0 Å². The van der Waals surface area contributed by atoms with E-state index in [0.29, 0.717) is 19.1 Å². The fourth-order valence-electron chi connectivity index (χ4n) is 2.03. The molecule has 2 unspecified atom stereocenters. The molecule has 1 heterocycles. The SMILES string of the molecule is CC(C)C(CCN)NC(=O)C1(C)CCCO1. The van der Waals surface area contributed by atoms with Crippen molar-refractivity contribution in [1.29, 1.82) is 0 Å². The maximum Gasteiger partial charge on any atom is 0.252 e. The Balaban J connectivity index is 2.53. The van der Waals surface area contributed by atoms with Crippen LogP contribution in [-0.4, -0.2) is 30.7 Å². The lowest BCUT2D eigenvalue weighted by Crippen LogP contribution is -2.50. The van der Waals surface area contributed by atoms with Gasteiger partial charge in [0.05, 0.1) is 0 Å². The third-order valence-electron chi connectivity index (χ3n) is 3.30. The average molecular weight is 228 g/mol. The minimum atomic E-state index is -0.623. The van der Waals surface area contributed by atoms with E-state index in [4.69, 9.17) is 10.5 Å². The van der Waals surface area contributed by atoms with Crippen LogP contribution in [0.1, 0.15) is 40.0 Å². The molecule has 0 saturated carbocycles. The van der Waals surface area contributed by atoms with Gasteiger partial charge in [-0.15, -0.1) is 0 Å². The third-order valence-corrected chi connectivity index (χ3v) is 3.30. The Hall–Kier alpha value is -0.610. The molecule has 0 aliphatic carbocycles. The summed E-state index contributed by atoms with van der Waals surface area (Å²) in [5.41, 5.74) is 4.92. The molecule has 0 aromatic carbocycles. The van der Waals surface area contributed by atoms with Gasteiger partial charge in [-0.2, -0.15) is 0 Å². The molecule has 0 aromatic heterocycles. The number of carbonyl (C=O) groups excluding carboxylic acids is 1. The molecule has 1 aliphatic rings. The lowest BCUT2D eigenvalue weighted by molar-refractivity contribution is -0.140. The molecule has 0 spiro atoms. The largest absolute Gasteiger partial charge is 0.365 e. The number of hydrogen-bond donors (Lipinski definition) is 2. The van der Waals surface area contributed by atoms with Crippen molar-refractivity contribution >= 4 is 5.91 Å². The van der Waals surface area contributed by atoms with Gasteiger partial charge >= 0.3 is 0 Å². The minimum absolute atomic E-state index is 0.0113. The van der Waals surface area contributed by atoms with Gasteiger partial charge in [-0.3, -0.25) is 4.79 Å². The van der Waals surface area contributed by atoms with Crippen LogP contribution in [0.2, 0.25) is 0 Å². The standard InChI is InChI=1S/C12H24N2O2/c1-9(2)10(5-7-13)14-11(15)12(3)6-4-8-16-12/h9-10H,4-8,13H2,1-3H3,(H,14,15). The Morgan fingerprint density at radius 3 is 2.69 bits per heavy atom. The van der Waals surface area contributed by atoms with Gasteiger partial charge < -0.3 is 15.8 Å². The fourth-order valence-corrected chi connectivity index (χ4v) is 2.03. The maximum absolute atomic E-state index is 12.1. The van der Waals surface area contributed by atoms with Crippen molar-refractivity contribution in [2.24, 2.45) is 11.7 Å². The van der Waals surface area contributed by atoms with Crippen molar-refractivity contribution < 1.29 is 9.53 Å². The second-order valence-corrected chi connectivity index (χ2v) is 5.08. The first kappa shape index (κ1) is 13.5. The van der Waals surface area contributed by atoms with Crippen LogP contribution in [0, 0.1) is 5.92 Å². The number of hydrogen-bond acceptors (Lipinski definition) is 3. The van der Waals surface area contributed by atoms with Crippen molar-refractivity contribution in [1.82, 2.24) is 5.32 Å². The zero-order chi connectivity index (χ0) is 12.2. The Bertz CT molecular complexity index is 235. The van der Waals surface area contributed by atoms with E-state index in [-0.39, 0.29) is 11.9 Å². The van der Waals surface area contributed by atoms with E-state index in [1.54, 1.807) is 0 Å². The molecule has 0 bridgehead atoms. The van der Waals surface area contributed by atoms with E-state index < -0.39 is 5.60 Å². The van der Waals surface area contributed by atoms with Crippen LogP contribution >= 0.6 is 0 Å². The Morgan fingerprint density at radius 1 is 1.56 bits per heavy atom. The second-order valence-electron chi connectivity index (χ2n) is 5.08. The minimum Gasteiger partial charge on any atom is -0.365 e. The predicted octanol–water partition coefficient (Wildman–Crippen LogP) is 1.05. The maximum atomic E-state index is 12.1. The van der Waals surface area contributed by atoms with Crippen LogP contribution in [0.25, 0.3) is 0 Å². The zero-order valence-electron chi connectivity index (χ0n) is 10.6.